The van der Waals surface area contributed by atoms with E-state index in [1.54, 1.807) is 18.2 Å². The number of hydrogen-bond acceptors (Lipinski definition) is 7. The van der Waals surface area contributed by atoms with Crippen LogP contribution in [0.25, 0.3) is 0 Å². The van der Waals surface area contributed by atoms with Gasteiger partial charge >= 0.3 is 24.1 Å². The third kappa shape index (κ3) is 21.4. The number of rotatable bonds is 21. The average Bonchev–Trinajstić information content (AvgIpc) is 2.99. The summed E-state index contributed by atoms with van der Waals surface area (Å²) in [6.45, 7) is 12.6. The van der Waals surface area contributed by atoms with Crippen LogP contribution >= 0.6 is 11.6 Å². The lowest BCUT2D eigenvalue weighted by Crippen LogP contribution is -2.44. The quantitative estimate of drug-likeness (QED) is 0.0766. The van der Waals surface area contributed by atoms with Crippen molar-refractivity contribution < 1.29 is 33.4 Å². The molecule has 0 spiro atoms. The number of hydrogen-bond donors (Lipinski definition) is 5. The Bertz CT molecular complexity index is 1160. The van der Waals surface area contributed by atoms with Crippen molar-refractivity contribution >= 4 is 41.5 Å². The summed E-state index contributed by atoms with van der Waals surface area (Å²) in [5.41, 5.74) is 0.133. The van der Waals surface area contributed by atoms with Gasteiger partial charge in [0.05, 0.1) is 6.42 Å². The van der Waals surface area contributed by atoms with E-state index in [-0.39, 0.29) is 61.1 Å². The Hall–Kier alpha value is -3.54. The number of carbonyl (C=O) groups excluding carboxylic acids is 5. The fraction of sp³-hybridized carbons (Fsp3) is 0.686. The number of esters is 1. The number of unbranched alkanes of at least 4 members (excludes halogenated alkanes) is 1. The molecule has 272 valence electrons. The summed E-state index contributed by atoms with van der Waals surface area (Å²) in [4.78, 5) is 61.8. The zero-order valence-electron chi connectivity index (χ0n) is 29.8. The number of benzene rings is 1. The van der Waals surface area contributed by atoms with E-state index in [0.29, 0.717) is 68.2 Å². The molecule has 0 heterocycles. The second-order valence-electron chi connectivity index (χ2n) is 13.8. The number of urea groups is 2. The summed E-state index contributed by atoms with van der Waals surface area (Å²) in [6, 6.07) is 6.20. The van der Waals surface area contributed by atoms with Gasteiger partial charge in [0.2, 0.25) is 0 Å². The van der Waals surface area contributed by atoms with E-state index >= 15 is 0 Å². The Labute approximate surface area is 291 Å². The molecule has 0 aliphatic carbocycles. The summed E-state index contributed by atoms with van der Waals surface area (Å²) in [5, 5.41) is 14.4. The number of ketones is 1. The highest BCUT2D eigenvalue weighted by Gasteiger charge is 2.23. The molecule has 0 aliphatic heterocycles. The molecule has 5 N–H and O–H groups in total. The van der Waals surface area contributed by atoms with Gasteiger partial charge in [-0.15, -0.1) is 0 Å². The number of ether oxygens (including phenoxy) is 2. The van der Waals surface area contributed by atoms with Crippen molar-refractivity contribution in [3.05, 3.63) is 34.9 Å². The Balaban J connectivity index is 2.67. The first-order valence-electron chi connectivity index (χ1n) is 16.9. The standard InChI is InChI=1S/C35H58ClN5O7/c1-24(2)18-26(20-31(43)48-35(4,5)6)22-40-33(45)41-28(15-16-29(42)19-25(3)21-39-32(44)37-7)13-10-11-17-38-34(46)47-23-27-12-8-9-14-30(27)36/h8-9,12,14,24-26,28H,10-11,13,15-23H2,1-7H3,(H,38,46)(H2,37,39,44)(H2,40,41,45)/t25-,26-,28+/m1/s1. The zero-order chi connectivity index (χ0) is 36.1. The molecule has 0 radical (unpaired) electrons. The lowest BCUT2D eigenvalue weighted by atomic mass is 9.94. The molecule has 0 aliphatic rings. The van der Waals surface area contributed by atoms with Gasteiger partial charge in [-0.1, -0.05) is 50.6 Å². The smallest absolute Gasteiger partial charge is 0.407 e. The van der Waals surface area contributed by atoms with E-state index in [4.69, 9.17) is 21.1 Å². The molecule has 0 unspecified atom stereocenters. The Kier molecular flexibility index (Phi) is 20.3. The van der Waals surface area contributed by atoms with E-state index in [9.17, 15) is 24.0 Å². The van der Waals surface area contributed by atoms with Crippen LogP contribution in [0.2, 0.25) is 5.02 Å². The maximum atomic E-state index is 13.0. The van der Waals surface area contributed by atoms with Crippen LogP contribution in [-0.2, 0) is 25.7 Å². The van der Waals surface area contributed by atoms with Crippen molar-refractivity contribution in [2.75, 3.05) is 26.7 Å². The highest BCUT2D eigenvalue weighted by atomic mass is 35.5. The van der Waals surface area contributed by atoms with E-state index in [1.165, 1.54) is 7.05 Å². The van der Waals surface area contributed by atoms with Gasteiger partial charge in [-0.05, 0) is 76.7 Å². The van der Waals surface area contributed by atoms with Crippen molar-refractivity contribution in [2.45, 2.75) is 111 Å². The maximum Gasteiger partial charge on any atom is 0.407 e. The van der Waals surface area contributed by atoms with E-state index in [0.717, 1.165) is 6.42 Å². The van der Waals surface area contributed by atoms with Gasteiger partial charge in [0, 0.05) is 56.2 Å². The third-order valence-corrected chi connectivity index (χ3v) is 7.69. The van der Waals surface area contributed by atoms with Gasteiger partial charge in [0.25, 0.3) is 0 Å². The van der Waals surface area contributed by atoms with Crippen LogP contribution in [0.15, 0.2) is 24.3 Å². The molecule has 1 aromatic rings. The Morgan fingerprint density at radius 2 is 1.56 bits per heavy atom. The van der Waals surface area contributed by atoms with Crippen molar-refractivity contribution in [1.82, 2.24) is 26.6 Å². The summed E-state index contributed by atoms with van der Waals surface area (Å²) in [6.07, 6.45) is 3.36. The molecule has 0 saturated carbocycles. The molecule has 1 rings (SSSR count). The maximum absolute atomic E-state index is 13.0. The Morgan fingerprint density at radius 1 is 0.875 bits per heavy atom. The van der Waals surface area contributed by atoms with Crippen LogP contribution in [-0.4, -0.2) is 68.2 Å². The number of nitrogens with one attached hydrogen (secondary N) is 5. The fourth-order valence-corrected chi connectivity index (χ4v) is 5.25. The van der Waals surface area contributed by atoms with E-state index in [1.807, 2.05) is 33.8 Å². The molecular weight excluding hydrogens is 638 g/mol. The molecule has 0 fully saturated rings. The SMILES string of the molecule is CNC(=O)NC[C@H](C)CC(=O)CC[C@H](CCCCNC(=O)OCc1ccccc1Cl)NC(=O)NC[C@@H](CC(=O)OC(C)(C)C)CC(C)C. The topological polar surface area (TPSA) is 164 Å². The molecule has 48 heavy (non-hydrogen) atoms. The van der Waals surface area contributed by atoms with Crippen LogP contribution in [0.5, 0.6) is 0 Å². The minimum absolute atomic E-state index is 0.0314. The van der Waals surface area contributed by atoms with Crippen molar-refractivity contribution in [3.63, 3.8) is 0 Å². The van der Waals surface area contributed by atoms with Crippen LogP contribution < -0.4 is 26.6 Å². The third-order valence-electron chi connectivity index (χ3n) is 7.32. The van der Waals surface area contributed by atoms with Crippen molar-refractivity contribution in [3.8, 4) is 0 Å². The van der Waals surface area contributed by atoms with Gasteiger partial charge in [-0.3, -0.25) is 9.59 Å². The number of halogens is 1. The molecule has 0 saturated heterocycles. The van der Waals surface area contributed by atoms with Gasteiger partial charge in [-0.25, -0.2) is 14.4 Å². The zero-order valence-corrected chi connectivity index (χ0v) is 30.6. The predicted octanol–water partition coefficient (Wildman–Crippen LogP) is 6.10. The number of Topliss-reactive ketones (excluding diaryl/α,β-unsaturated/α-hetero) is 1. The molecule has 1 aromatic carbocycles. The minimum Gasteiger partial charge on any atom is -0.460 e. The molecular formula is C35H58ClN5O7. The molecule has 13 heteroatoms. The average molecular weight is 696 g/mol. The molecule has 5 amide bonds. The summed E-state index contributed by atoms with van der Waals surface area (Å²) >= 11 is 6.11. The van der Waals surface area contributed by atoms with Crippen LogP contribution in [0.4, 0.5) is 14.4 Å². The Morgan fingerprint density at radius 3 is 2.21 bits per heavy atom. The highest BCUT2D eigenvalue weighted by molar-refractivity contribution is 6.31. The van der Waals surface area contributed by atoms with Gasteiger partial charge < -0.3 is 36.1 Å². The van der Waals surface area contributed by atoms with Crippen LogP contribution in [0.1, 0.15) is 98.5 Å². The van der Waals surface area contributed by atoms with E-state index < -0.39 is 11.7 Å². The second kappa shape index (κ2) is 22.9. The lowest BCUT2D eigenvalue weighted by molar-refractivity contribution is -0.156. The van der Waals surface area contributed by atoms with E-state index in [2.05, 4.69) is 40.4 Å². The number of alkyl carbamates (subject to hydrolysis) is 1. The normalized spacial score (nSPS) is 13.1. The fourth-order valence-electron chi connectivity index (χ4n) is 5.06. The second-order valence-corrected chi connectivity index (χ2v) is 14.2. The predicted molar refractivity (Wildman–Crippen MR) is 188 cm³/mol. The summed E-state index contributed by atoms with van der Waals surface area (Å²) < 4.78 is 10.7. The number of amides is 5. The summed E-state index contributed by atoms with van der Waals surface area (Å²) in [5.74, 6) is -0.0361. The minimum atomic E-state index is -0.584. The van der Waals surface area contributed by atoms with Crippen molar-refractivity contribution in [2.24, 2.45) is 17.8 Å². The molecule has 0 bridgehead atoms. The largest absolute Gasteiger partial charge is 0.460 e. The summed E-state index contributed by atoms with van der Waals surface area (Å²) in [7, 11) is 1.53. The van der Waals surface area contributed by atoms with Gasteiger partial charge in [0.15, 0.2) is 0 Å². The highest BCUT2D eigenvalue weighted by Crippen LogP contribution is 2.19. The first-order chi connectivity index (χ1) is 22.6. The first kappa shape index (κ1) is 42.5. The van der Waals surface area contributed by atoms with Crippen LogP contribution in [0.3, 0.4) is 0 Å². The van der Waals surface area contributed by atoms with Gasteiger partial charge in [0.1, 0.15) is 18.0 Å². The monoisotopic (exact) mass is 695 g/mol. The number of carbonyl (C=O) groups is 5. The molecule has 3 atom stereocenters. The lowest BCUT2D eigenvalue weighted by Gasteiger charge is -2.24. The molecule has 12 nitrogen and oxygen atoms in total. The molecule has 0 aromatic heterocycles. The van der Waals surface area contributed by atoms with Gasteiger partial charge in [-0.2, -0.15) is 0 Å². The van der Waals surface area contributed by atoms with Crippen molar-refractivity contribution in [1.29, 1.82) is 0 Å². The first-order valence-corrected chi connectivity index (χ1v) is 17.3. The van der Waals surface area contributed by atoms with Crippen LogP contribution in [0, 0.1) is 17.8 Å².